The Balaban J connectivity index is 3.46. The number of amides is 4. The summed E-state index contributed by atoms with van der Waals surface area (Å²) in [7, 11) is 0. The van der Waals surface area contributed by atoms with E-state index in [9.17, 15) is 19.5 Å². The molecule has 8 N–H and O–H groups in total. The van der Waals surface area contributed by atoms with E-state index >= 15 is 0 Å². The van der Waals surface area contributed by atoms with Crippen molar-refractivity contribution in [2.24, 2.45) is 5.73 Å². The number of hydrogen-bond acceptors (Lipinski definition) is 6. The van der Waals surface area contributed by atoms with Gasteiger partial charge in [-0.2, -0.15) is 0 Å². The van der Waals surface area contributed by atoms with Crippen LogP contribution in [0.15, 0.2) is 0 Å². The molecular weight excluding hydrogens is 689 g/mol. The van der Waals surface area contributed by atoms with E-state index in [4.69, 9.17) is 15.9 Å². The number of nitrogens with one attached hydrogen (secondary N) is 3. The van der Waals surface area contributed by atoms with Crippen LogP contribution < -0.4 is 21.7 Å². The molecule has 0 heterocycles. The highest BCUT2D eigenvalue weighted by atomic mass is 127. The first-order valence-corrected chi connectivity index (χ1v) is 10.1. The number of urea groups is 1. The van der Waals surface area contributed by atoms with Gasteiger partial charge in [0.25, 0.3) is 5.91 Å². The quantitative estimate of drug-likeness (QED) is 0.197. The van der Waals surface area contributed by atoms with E-state index in [0.717, 1.165) is 0 Å². The molecule has 0 saturated heterocycles. The molecule has 0 saturated carbocycles. The number of benzene rings is 1. The molecule has 0 aliphatic carbocycles. The minimum atomic E-state index is -1.13. The Kier molecular flexibility index (Phi) is 9.72. The van der Waals surface area contributed by atoms with Crippen LogP contribution in [0.25, 0.3) is 0 Å². The summed E-state index contributed by atoms with van der Waals surface area (Å²) in [4.78, 5) is 35.4. The maximum absolute atomic E-state index is 12.5. The largest absolute Gasteiger partial charge is 0.394 e. The maximum Gasteiger partial charge on any atom is 0.316 e. The SMILES string of the molecule is NC(=O)Nc1c(I)c(NC(=O)CO)c(I)c(C(=O)NCC(O)CO)c1I. The van der Waals surface area contributed by atoms with Crippen LogP contribution in [0.2, 0.25) is 0 Å². The Morgan fingerprint density at radius 3 is 2.00 bits per heavy atom. The molecule has 1 atom stereocenters. The number of nitrogens with two attached hydrogens (primary N) is 1. The summed E-state index contributed by atoms with van der Waals surface area (Å²) in [6.07, 6.45) is -1.13. The average molecular weight is 704 g/mol. The Hall–Kier alpha value is -0.500. The predicted molar refractivity (Wildman–Crippen MR) is 119 cm³/mol. The van der Waals surface area contributed by atoms with E-state index in [1.54, 1.807) is 0 Å². The monoisotopic (exact) mass is 704 g/mol. The highest BCUT2D eigenvalue weighted by Crippen LogP contribution is 2.38. The van der Waals surface area contributed by atoms with Gasteiger partial charge in [-0.1, -0.05) is 0 Å². The number of aliphatic hydroxyl groups excluding tert-OH is 3. The summed E-state index contributed by atoms with van der Waals surface area (Å²) >= 11 is 5.58. The molecule has 10 nitrogen and oxygen atoms in total. The second kappa shape index (κ2) is 10.7. The van der Waals surface area contributed by atoms with Gasteiger partial charge in [0.15, 0.2) is 0 Å². The molecule has 0 aromatic heterocycles. The van der Waals surface area contributed by atoms with Crippen molar-refractivity contribution in [2.45, 2.75) is 6.10 Å². The van der Waals surface area contributed by atoms with E-state index in [1.807, 2.05) is 67.8 Å². The summed E-state index contributed by atoms with van der Waals surface area (Å²) in [6.45, 7) is -1.47. The summed E-state index contributed by atoms with van der Waals surface area (Å²) < 4.78 is 1.15. The number of hydrogen-bond donors (Lipinski definition) is 7. The van der Waals surface area contributed by atoms with Gasteiger partial charge in [0.2, 0.25) is 5.91 Å². The van der Waals surface area contributed by atoms with E-state index in [0.29, 0.717) is 10.7 Å². The number of rotatable bonds is 7. The van der Waals surface area contributed by atoms with Gasteiger partial charge in [-0.15, -0.1) is 0 Å². The first kappa shape index (κ1) is 23.5. The Morgan fingerprint density at radius 2 is 1.54 bits per heavy atom. The topological polar surface area (TPSA) is 174 Å². The number of anilines is 2. The molecular formula is C13H15I3N4O6. The molecule has 0 aliphatic rings. The maximum atomic E-state index is 12.5. The van der Waals surface area contributed by atoms with Crippen molar-refractivity contribution >= 4 is 97.0 Å². The van der Waals surface area contributed by atoms with Crippen LogP contribution in [-0.4, -0.2) is 59.0 Å². The van der Waals surface area contributed by atoms with Gasteiger partial charge >= 0.3 is 6.03 Å². The first-order chi connectivity index (χ1) is 12.1. The van der Waals surface area contributed by atoms with E-state index < -0.39 is 37.2 Å². The summed E-state index contributed by atoms with van der Waals surface area (Å²) in [5.41, 5.74) is 5.75. The average Bonchev–Trinajstić information content (AvgIpc) is 2.59. The van der Waals surface area contributed by atoms with Crippen LogP contribution in [0, 0.1) is 10.7 Å². The smallest absolute Gasteiger partial charge is 0.316 e. The minimum Gasteiger partial charge on any atom is -0.394 e. The van der Waals surface area contributed by atoms with Gasteiger partial charge in [-0.3, -0.25) is 9.59 Å². The molecule has 0 aliphatic heterocycles. The zero-order valence-electron chi connectivity index (χ0n) is 13.0. The summed E-state index contributed by atoms with van der Waals surface area (Å²) in [5, 5.41) is 34.5. The predicted octanol–water partition coefficient (Wildman–Crippen LogP) is 0.00480. The van der Waals surface area contributed by atoms with Crippen molar-refractivity contribution in [1.82, 2.24) is 5.32 Å². The summed E-state index contributed by atoms with van der Waals surface area (Å²) in [6, 6.07) is -0.858. The second-order valence-corrected chi connectivity index (χ2v) is 8.05. The highest BCUT2D eigenvalue weighted by Gasteiger charge is 2.26. The first-order valence-electron chi connectivity index (χ1n) is 6.88. The molecule has 1 aromatic rings. The number of halogens is 3. The lowest BCUT2D eigenvalue weighted by Crippen LogP contribution is -2.35. The molecule has 1 unspecified atom stereocenters. The standard InChI is InChI=1S/C13H15I3N4O6/c14-7-6(12(25)18-1-4(23)2-21)8(15)11(20-13(17)26)9(16)10(7)19-5(24)3-22/h4,21-23H,1-3H2,(H,18,25)(H,19,24)(H3,17,20,26). The molecule has 144 valence electrons. The number of primary amides is 1. The fourth-order valence-electron chi connectivity index (χ4n) is 1.75. The third-order valence-electron chi connectivity index (χ3n) is 2.91. The van der Waals surface area contributed by atoms with Gasteiger partial charge < -0.3 is 37.0 Å². The number of aliphatic hydroxyl groups is 3. The molecule has 0 spiro atoms. The van der Waals surface area contributed by atoms with Crippen LogP contribution in [0.5, 0.6) is 0 Å². The van der Waals surface area contributed by atoms with Gasteiger partial charge in [0.1, 0.15) is 6.61 Å². The third kappa shape index (κ3) is 6.01. The third-order valence-corrected chi connectivity index (χ3v) is 6.15. The van der Waals surface area contributed by atoms with Crippen LogP contribution in [-0.2, 0) is 4.79 Å². The van der Waals surface area contributed by atoms with Crippen molar-refractivity contribution in [2.75, 3.05) is 30.4 Å². The second-order valence-electron chi connectivity index (χ2n) is 4.81. The van der Waals surface area contributed by atoms with Crippen LogP contribution in [0.4, 0.5) is 16.2 Å². The highest BCUT2D eigenvalue weighted by molar-refractivity contribution is 14.1. The Bertz CT molecular complexity index is 731. The molecule has 0 fully saturated rings. The minimum absolute atomic E-state index is 0.133. The zero-order chi connectivity index (χ0) is 20.0. The van der Waals surface area contributed by atoms with Gasteiger partial charge in [-0.05, 0) is 67.8 Å². The lowest BCUT2D eigenvalue weighted by molar-refractivity contribution is -0.118. The van der Waals surface area contributed by atoms with E-state index in [1.165, 1.54) is 0 Å². The lowest BCUT2D eigenvalue weighted by atomic mass is 10.1. The van der Waals surface area contributed by atoms with Gasteiger partial charge in [-0.25, -0.2) is 4.79 Å². The van der Waals surface area contributed by atoms with Crippen molar-refractivity contribution in [3.63, 3.8) is 0 Å². The Labute approximate surface area is 189 Å². The van der Waals surface area contributed by atoms with E-state index in [2.05, 4.69) is 16.0 Å². The van der Waals surface area contributed by atoms with Crippen molar-refractivity contribution in [3.8, 4) is 0 Å². The molecule has 13 heteroatoms. The number of carbonyl (C=O) groups is 3. The normalized spacial score (nSPS) is 11.6. The molecule has 26 heavy (non-hydrogen) atoms. The van der Waals surface area contributed by atoms with Crippen LogP contribution in [0.1, 0.15) is 10.4 Å². The lowest BCUT2D eigenvalue weighted by Gasteiger charge is -2.20. The molecule has 0 bridgehead atoms. The Morgan fingerprint density at radius 1 is 1.00 bits per heavy atom. The van der Waals surface area contributed by atoms with Crippen molar-refractivity contribution in [3.05, 3.63) is 16.3 Å². The fourth-order valence-corrected chi connectivity index (χ4v) is 5.94. The zero-order valence-corrected chi connectivity index (χ0v) is 19.4. The van der Waals surface area contributed by atoms with Crippen LogP contribution in [0.3, 0.4) is 0 Å². The van der Waals surface area contributed by atoms with Gasteiger partial charge in [0, 0.05) is 6.54 Å². The van der Waals surface area contributed by atoms with Crippen LogP contribution >= 0.6 is 67.8 Å². The molecule has 0 radical (unpaired) electrons. The molecule has 4 amide bonds. The molecule has 1 aromatic carbocycles. The molecule has 1 rings (SSSR count). The number of carbonyl (C=O) groups excluding carboxylic acids is 3. The summed E-state index contributed by atoms with van der Waals surface area (Å²) in [5.74, 6) is -1.29. The van der Waals surface area contributed by atoms with Crippen molar-refractivity contribution < 1.29 is 29.7 Å². The van der Waals surface area contributed by atoms with E-state index in [-0.39, 0.29) is 23.5 Å². The fraction of sp³-hybridized carbons (Fsp3) is 0.308. The van der Waals surface area contributed by atoms with Gasteiger partial charge in [0.05, 0.1) is 40.4 Å². The van der Waals surface area contributed by atoms with Crippen molar-refractivity contribution in [1.29, 1.82) is 0 Å².